The molecule has 0 aliphatic carbocycles. The van der Waals surface area contributed by atoms with Crippen molar-refractivity contribution in [2.75, 3.05) is 6.54 Å². The van der Waals surface area contributed by atoms with E-state index in [9.17, 15) is 9.18 Å². The number of carbonyl (C=O) groups excluding carboxylic acids is 1. The number of carbonyl (C=O) groups is 1. The molecule has 1 N–H and O–H groups in total. The third-order valence-corrected chi connectivity index (χ3v) is 5.94. The fourth-order valence-corrected chi connectivity index (χ4v) is 4.57. The molecule has 0 spiro atoms. The number of nitrogens with one attached hydrogen (secondary N) is 1. The molecule has 4 rings (SSSR count). The van der Waals surface area contributed by atoms with Gasteiger partial charge in [0, 0.05) is 24.9 Å². The molecule has 1 aromatic carbocycles. The highest BCUT2D eigenvalue weighted by Crippen LogP contribution is 2.34. The van der Waals surface area contributed by atoms with Crippen LogP contribution in [0, 0.1) is 12.7 Å². The van der Waals surface area contributed by atoms with E-state index in [0.29, 0.717) is 11.3 Å². The van der Waals surface area contributed by atoms with Gasteiger partial charge in [-0.05, 0) is 49.6 Å². The fourth-order valence-electron chi connectivity index (χ4n) is 3.52. The van der Waals surface area contributed by atoms with Crippen LogP contribution < -0.4 is 0 Å². The molecule has 1 atom stereocenters. The lowest BCUT2D eigenvalue weighted by Crippen LogP contribution is -2.30. The molecule has 4 nitrogen and oxygen atoms in total. The number of amides is 1. The number of rotatable bonds is 4. The van der Waals surface area contributed by atoms with Crippen LogP contribution in [0.3, 0.4) is 0 Å². The Morgan fingerprint density at radius 2 is 2.15 bits per heavy atom. The molecule has 0 radical (unpaired) electrons. The summed E-state index contributed by atoms with van der Waals surface area (Å²) in [5, 5.41) is 0.882. The summed E-state index contributed by atoms with van der Waals surface area (Å²) in [7, 11) is 0. The number of aromatic amines is 1. The zero-order valence-electron chi connectivity index (χ0n) is 14.5. The minimum atomic E-state index is -0.246. The van der Waals surface area contributed by atoms with Crippen molar-refractivity contribution in [2.45, 2.75) is 32.2 Å². The van der Waals surface area contributed by atoms with Crippen LogP contribution in [-0.2, 0) is 6.42 Å². The van der Waals surface area contributed by atoms with Gasteiger partial charge < -0.3 is 9.88 Å². The molecule has 3 aromatic rings. The Bertz CT molecular complexity index is 902. The number of thiazole rings is 1. The second-order valence-corrected chi connectivity index (χ2v) is 7.69. The van der Waals surface area contributed by atoms with Crippen LogP contribution in [-0.4, -0.2) is 27.3 Å². The van der Waals surface area contributed by atoms with Gasteiger partial charge in [-0.1, -0.05) is 12.1 Å². The minimum Gasteiger partial charge on any atom is -0.363 e. The summed E-state index contributed by atoms with van der Waals surface area (Å²) in [6, 6.07) is 10.5. The van der Waals surface area contributed by atoms with Crippen molar-refractivity contribution < 1.29 is 9.18 Å². The monoisotopic (exact) mass is 369 g/mol. The Labute approximate surface area is 155 Å². The van der Waals surface area contributed by atoms with Crippen molar-refractivity contribution in [1.82, 2.24) is 14.9 Å². The highest BCUT2D eigenvalue weighted by Gasteiger charge is 2.33. The molecule has 6 heteroatoms. The van der Waals surface area contributed by atoms with Crippen molar-refractivity contribution in [3.05, 3.63) is 75.2 Å². The number of nitrogens with zero attached hydrogens (tertiary/aromatic N) is 2. The van der Waals surface area contributed by atoms with E-state index in [2.05, 4.69) is 9.97 Å². The number of benzene rings is 1. The van der Waals surface area contributed by atoms with Crippen molar-refractivity contribution in [1.29, 1.82) is 0 Å². The van der Waals surface area contributed by atoms with Crippen LogP contribution in [0.5, 0.6) is 0 Å². The van der Waals surface area contributed by atoms with Gasteiger partial charge >= 0.3 is 0 Å². The third-order valence-electron chi connectivity index (χ3n) is 4.80. The predicted octanol–water partition coefficient (Wildman–Crippen LogP) is 4.49. The average molecular weight is 369 g/mol. The molecule has 1 aliphatic rings. The van der Waals surface area contributed by atoms with Crippen LogP contribution in [0.25, 0.3) is 0 Å². The van der Waals surface area contributed by atoms with E-state index in [0.717, 1.165) is 41.3 Å². The predicted molar refractivity (Wildman–Crippen MR) is 99.9 cm³/mol. The van der Waals surface area contributed by atoms with Gasteiger partial charge in [0.25, 0.3) is 5.91 Å². The van der Waals surface area contributed by atoms with Gasteiger partial charge in [-0.3, -0.25) is 4.79 Å². The molecule has 26 heavy (non-hydrogen) atoms. The maximum Gasteiger partial charge on any atom is 0.266 e. The van der Waals surface area contributed by atoms with E-state index in [1.165, 1.54) is 23.5 Å². The Kier molecular flexibility index (Phi) is 4.59. The zero-order chi connectivity index (χ0) is 18.1. The van der Waals surface area contributed by atoms with E-state index >= 15 is 0 Å². The van der Waals surface area contributed by atoms with E-state index in [1.54, 1.807) is 12.1 Å². The maximum absolute atomic E-state index is 13.1. The van der Waals surface area contributed by atoms with Crippen molar-refractivity contribution >= 4 is 17.2 Å². The SMILES string of the molecule is Cc1nc(Cc2ccc(F)cc2)sc1C(=O)N1CCC[C@H]1c1ccc[nH]1. The Balaban J connectivity index is 1.55. The molecule has 0 bridgehead atoms. The summed E-state index contributed by atoms with van der Waals surface area (Å²) in [6.07, 6.45) is 4.50. The molecule has 134 valence electrons. The van der Waals surface area contributed by atoms with Gasteiger partial charge in [0.05, 0.1) is 16.7 Å². The van der Waals surface area contributed by atoms with Gasteiger partial charge in [-0.25, -0.2) is 9.37 Å². The average Bonchev–Trinajstić information content (AvgIpc) is 3.36. The molecule has 2 aromatic heterocycles. The maximum atomic E-state index is 13.1. The molecule has 1 amide bonds. The van der Waals surface area contributed by atoms with Gasteiger partial charge in [0.1, 0.15) is 10.7 Å². The van der Waals surface area contributed by atoms with Gasteiger partial charge in [0.2, 0.25) is 0 Å². The number of hydrogen-bond donors (Lipinski definition) is 1. The van der Waals surface area contributed by atoms with Crippen molar-refractivity contribution in [3.63, 3.8) is 0 Å². The summed E-state index contributed by atoms with van der Waals surface area (Å²) in [5.74, 6) is -0.188. The highest BCUT2D eigenvalue weighted by molar-refractivity contribution is 7.13. The molecule has 3 heterocycles. The highest BCUT2D eigenvalue weighted by atomic mass is 32.1. The van der Waals surface area contributed by atoms with Crippen LogP contribution in [0.4, 0.5) is 4.39 Å². The molecule has 1 fully saturated rings. The van der Waals surface area contributed by atoms with Gasteiger partial charge in [-0.2, -0.15) is 0 Å². The second-order valence-electron chi connectivity index (χ2n) is 6.61. The molecule has 0 unspecified atom stereocenters. The molecular formula is C20H20FN3OS. The first-order valence-corrected chi connectivity index (χ1v) is 9.58. The number of likely N-dealkylation sites (tertiary alicyclic amines) is 1. The molecule has 0 saturated carbocycles. The van der Waals surface area contributed by atoms with E-state index < -0.39 is 0 Å². The largest absolute Gasteiger partial charge is 0.363 e. The Morgan fingerprint density at radius 1 is 1.35 bits per heavy atom. The molecule has 1 aliphatic heterocycles. The Hall–Kier alpha value is -2.47. The van der Waals surface area contributed by atoms with Crippen LogP contribution in [0.15, 0.2) is 42.6 Å². The van der Waals surface area contributed by atoms with Crippen molar-refractivity contribution in [2.24, 2.45) is 0 Å². The lowest BCUT2D eigenvalue weighted by atomic mass is 10.1. The summed E-state index contributed by atoms with van der Waals surface area (Å²) < 4.78 is 13.1. The van der Waals surface area contributed by atoms with Crippen LogP contribution >= 0.6 is 11.3 Å². The smallest absolute Gasteiger partial charge is 0.266 e. The van der Waals surface area contributed by atoms with Gasteiger partial charge in [-0.15, -0.1) is 11.3 Å². The van der Waals surface area contributed by atoms with Crippen LogP contribution in [0.1, 0.15) is 50.5 Å². The number of aromatic nitrogens is 2. The first-order valence-electron chi connectivity index (χ1n) is 8.77. The topological polar surface area (TPSA) is 49.0 Å². The van der Waals surface area contributed by atoms with E-state index in [4.69, 9.17) is 0 Å². The number of H-pyrrole nitrogens is 1. The lowest BCUT2D eigenvalue weighted by molar-refractivity contribution is 0.0737. The molecular weight excluding hydrogens is 349 g/mol. The second kappa shape index (κ2) is 7.03. The summed E-state index contributed by atoms with van der Waals surface area (Å²) >= 11 is 1.45. The van der Waals surface area contributed by atoms with Crippen molar-refractivity contribution in [3.8, 4) is 0 Å². The molecule has 1 saturated heterocycles. The summed E-state index contributed by atoms with van der Waals surface area (Å²) in [5.41, 5.74) is 2.85. The summed E-state index contributed by atoms with van der Waals surface area (Å²) in [6.45, 7) is 2.66. The quantitative estimate of drug-likeness (QED) is 0.737. The Morgan fingerprint density at radius 3 is 2.88 bits per heavy atom. The standard InChI is InChI=1S/C20H20FN3OS/c1-13-19(26-18(23-13)12-14-6-8-15(21)9-7-14)20(25)24-11-3-5-17(24)16-4-2-10-22-16/h2,4,6-10,17,22H,3,5,11-12H2,1H3/t17-/m0/s1. The lowest BCUT2D eigenvalue weighted by Gasteiger charge is -2.23. The third kappa shape index (κ3) is 3.29. The van der Waals surface area contributed by atoms with Crippen LogP contribution in [0.2, 0.25) is 0 Å². The zero-order valence-corrected chi connectivity index (χ0v) is 15.4. The first kappa shape index (κ1) is 17.0. The van der Waals surface area contributed by atoms with E-state index in [-0.39, 0.29) is 17.8 Å². The minimum absolute atomic E-state index is 0.0578. The number of hydrogen-bond acceptors (Lipinski definition) is 3. The number of halogens is 1. The number of aryl methyl sites for hydroxylation is 1. The van der Waals surface area contributed by atoms with E-state index in [1.807, 2.05) is 30.2 Å². The van der Waals surface area contributed by atoms with Gasteiger partial charge in [0.15, 0.2) is 0 Å². The summed E-state index contributed by atoms with van der Waals surface area (Å²) in [4.78, 5) is 23.6. The fraction of sp³-hybridized carbons (Fsp3) is 0.300. The normalized spacial score (nSPS) is 17.0. The first-order chi connectivity index (χ1) is 12.6.